The number of nitrogens with two attached hydrogens (primary N) is 1. The molecule has 0 radical (unpaired) electrons. The molecule has 2 aromatic rings. The fourth-order valence-corrected chi connectivity index (χ4v) is 2.22. The Kier molecular flexibility index (Phi) is 4.69. The van der Waals surface area contributed by atoms with Crippen molar-refractivity contribution in [3.8, 4) is 0 Å². The fraction of sp³-hybridized carbons (Fsp3) is 0.312. The SMILES string of the molecule is CCCNC(c1cccc(F)c1)c1cc(C)cnc1N. The van der Waals surface area contributed by atoms with E-state index >= 15 is 0 Å². The summed E-state index contributed by atoms with van der Waals surface area (Å²) in [6, 6.07) is 8.45. The summed E-state index contributed by atoms with van der Waals surface area (Å²) in [5, 5.41) is 3.41. The lowest BCUT2D eigenvalue weighted by molar-refractivity contribution is 0.585. The van der Waals surface area contributed by atoms with Crippen molar-refractivity contribution >= 4 is 5.82 Å². The van der Waals surface area contributed by atoms with Gasteiger partial charge in [0.15, 0.2) is 0 Å². The number of nitrogens with one attached hydrogen (secondary N) is 1. The van der Waals surface area contributed by atoms with Crippen molar-refractivity contribution < 1.29 is 4.39 Å². The van der Waals surface area contributed by atoms with Gasteiger partial charge in [0, 0.05) is 11.8 Å². The van der Waals surface area contributed by atoms with E-state index in [0.29, 0.717) is 5.82 Å². The minimum atomic E-state index is -0.245. The lowest BCUT2D eigenvalue weighted by Crippen LogP contribution is -2.24. The zero-order valence-corrected chi connectivity index (χ0v) is 11.9. The lowest BCUT2D eigenvalue weighted by Gasteiger charge is -2.21. The highest BCUT2D eigenvalue weighted by Gasteiger charge is 2.17. The van der Waals surface area contributed by atoms with Crippen LogP contribution >= 0.6 is 0 Å². The summed E-state index contributed by atoms with van der Waals surface area (Å²) in [6.45, 7) is 4.89. The summed E-state index contributed by atoms with van der Waals surface area (Å²) in [4.78, 5) is 4.20. The van der Waals surface area contributed by atoms with Crippen LogP contribution in [-0.4, -0.2) is 11.5 Å². The van der Waals surface area contributed by atoms with Gasteiger partial charge in [-0.3, -0.25) is 0 Å². The van der Waals surface area contributed by atoms with Crippen LogP contribution in [0.5, 0.6) is 0 Å². The number of pyridine rings is 1. The fourth-order valence-electron chi connectivity index (χ4n) is 2.22. The van der Waals surface area contributed by atoms with Crippen LogP contribution in [0.3, 0.4) is 0 Å². The minimum absolute atomic E-state index is 0.141. The molecule has 0 saturated heterocycles. The topological polar surface area (TPSA) is 50.9 Å². The predicted octanol–water partition coefficient (Wildman–Crippen LogP) is 3.20. The molecule has 3 nitrogen and oxygen atoms in total. The van der Waals surface area contributed by atoms with Gasteiger partial charge in [0.05, 0.1) is 6.04 Å². The number of aromatic nitrogens is 1. The molecule has 3 N–H and O–H groups in total. The zero-order valence-electron chi connectivity index (χ0n) is 11.9. The van der Waals surface area contributed by atoms with Crippen molar-refractivity contribution in [2.75, 3.05) is 12.3 Å². The molecule has 0 amide bonds. The van der Waals surface area contributed by atoms with Gasteiger partial charge in [-0.2, -0.15) is 0 Å². The Morgan fingerprint density at radius 2 is 2.15 bits per heavy atom. The Bertz CT molecular complexity index is 584. The zero-order chi connectivity index (χ0) is 14.5. The third-order valence-electron chi connectivity index (χ3n) is 3.18. The predicted molar refractivity (Wildman–Crippen MR) is 79.9 cm³/mol. The number of nitrogen functional groups attached to an aromatic ring is 1. The molecule has 0 aliphatic heterocycles. The van der Waals surface area contributed by atoms with Crippen molar-refractivity contribution in [2.45, 2.75) is 26.3 Å². The van der Waals surface area contributed by atoms with Crippen molar-refractivity contribution in [1.29, 1.82) is 0 Å². The van der Waals surface area contributed by atoms with E-state index < -0.39 is 0 Å². The molecule has 1 atom stereocenters. The third kappa shape index (κ3) is 3.33. The highest BCUT2D eigenvalue weighted by Crippen LogP contribution is 2.26. The standard InChI is InChI=1S/C16H20FN3/c1-3-7-19-15(12-5-4-6-13(17)9-12)14-8-11(2)10-20-16(14)18/h4-6,8-10,15,19H,3,7H2,1-2H3,(H2,18,20). The number of benzene rings is 1. The number of aryl methyl sites for hydroxylation is 1. The van der Waals surface area contributed by atoms with Crippen molar-refractivity contribution in [1.82, 2.24) is 10.3 Å². The second-order valence-electron chi connectivity index (χ2n) is 4.93. The largest absolute Gasteiger partial charge is 0.383 e. The number of anilines is 1. The average molecular weight is 273 g/mol. The summed E-state index contributed by atoms with van der Waals surface area (Å²) in [7, 11) is 0. The molecule has 4 heteroatoms. The average Bonchev–Trinajstić information content (AvgIpc) is 2.43. The van der Waals surface area contributed by atoms with Crippen LogP contribution in [0.2, 0.25) is 0 Å². The van der Waals surface area contributed by atoms with E-state index in [9.17, 15) is 4.39 Å². The van der Waals surface area contributed by atoms with Gasteiger partial charge >= 0.3 is 0 Å². The molecule has 0 fully saturated rings. The Morgan fingerprint density at radius 3 is 2.85 bits per heavy atom. The summed E-state index contributed by atoms with van der Waals surface area (Å²) in [5.74, 6) is 0.235. The van der Waals surface area contributed by atoms with E-state index in [1.807, 2.05) is 19.1 Å². The van der Waals surface area contributed by atoms with Crippen LogP contribution in [0.25, 0.3) is 0 Å². The third-order valence-corrected chi connectivity index (χ3v) is 3.18. The highest BCUT2D eigenvalue weighted by atomic mass is 19.1. The molecule has 2 rings (SSSR count). The quantitative estimate of drug-likeness (QED) is 0.879. The number of hydrogen-bond donors (Lipinski definition) is 2. The molecule has 0 bridgehead atoms. The Morgan fingerprint density at radius 1 is 1.35 bits per heavy atom. The molecule has 0 spiro atoms. The van der Waals surface area contributed by atoms with Crippen LogP contribution < -0.4 is 11.1 Å². The van der Waals surface area contributed by atoms with E-state index in [1.54, 1.807) is 12.3 Å². The maximum atomic E-state index is 13.5. The van der Waals surface area contributed by atoms with Crippen LogP contribution in [-0.2, 0) is 0 Å². The van der Waals surface area contributed by atoms with Crippen molar-refractivity contribution in [3.05, 3.63) is 59.0 Å². The van der Waals surface area contributed by atoms with Crippen molar-refractivity contribution in [2.24, 2.45) is 0 Å². The van der Waals surface area contributed by atoms with Crippen LogP contribution in [0.4, 0.5) is 10.2 Å². The number of hydrogen-bond acceptors (Lipinski definition) is 3. The van der Waals surface area contributed by atoms with Crippen LogP contribution in [0, 0.1) is 12.7 Å². The van der Waals surface area contributed by atoms with Gasteiger partial charge in [-0.15, -0.1) is 0 Å². The van der Waals surface area contributed by atoms with E-state index in [1.165, 1.54) is 12.1 Å². The van der Waals surface area contributed by atoms with Gasteiger partial charge in [-0.1, -0.05) is 19.1 Å². The van der Waals surface area contributed by atoms with Gasteiger partial charge in [-0.05, 0) is 49.2 Å². The number of rotatable bonds is 5. The molecule has 106 valence electrons. The van der Waals surface area contributed by atoms with E-state index in [0.717, 1.165) is 29.7 Å². The number of halogens is 1. The van der Waals surface area contributed by atoms with Gasteiger partial charge < -0.3 is 11.1 Å². The highest BCUT2D eigenvalue weighted by molar-refractivity contribution is 5.47. The molecule has 1 aromatic carbocycles. The molecule has 0 aliphatic rings. The second-order valence-corrected chi connectivity index (χ2v) is 4.93. The smallest absolute Gasteiger partial charge is 0.128 e. The Balaban J connectivity index is 2.44. The van der Waals surface area contributed by atoms with E-state index in [-0.39, 0.29) is 11.9 Å². The molecule has 1 aromatic heterocycles. The maximum absolute atomic E-state index is 13.5. The molecule has 20 heavy (non-hydrogen) atoms. The molecule has 0 aliphatic carbocycles. The monoisotopic (exact) mass is 273 g/mol. The summed E-state index contributed by atoms with van der Waals surface area (Å²) in [6.07, 6.45) is 2.73. The first-order valence-corrected chi connectivity index (χ1v) is 6.82. The van der Waals surface area contributed by atoms with E-state index in [4.69, 9.17) is 5.73 Å². The summed E-state index contributed by atoms with van der Waals surface area (Å²) < 4.78 is 13.5. The Hall–Kier alpha value is -1.94. The summed E-state index contributed by atoms with van der Waals surface area (Å²) >= 11 is 0. The second kappa shape index (κ2) is 6.48. The van der Waals surface area contributed by atoms with Crippen molar-refractivity contribution in [3.63, 3.8) is 0 Å². The first-order valence-electron chi connectivity index (χ1n) is 6.82. The first-order chi connectivity index (χ1) is 9.61. The molecule has 1 heterocycles. The number of nitrogens with zero attached hydrogens (tertiary/aromatic N) is 1. The molecular weight excluding hydrogens is 253 g/mol. The van der Waals surface area contributed by atoms with Gasteiger partial charge in [0.1, 0.15) is 11.6 Å². The van der Waals surface area contributed by atoms with Gasteiger partial charge in [0.2, 0.25) is 0 Å². The van der Waals surface area contributed by atoms with Gasteiger partial charge in [0.25, 0.3) is 0 Å². The normalized spacial score (nSPS) is 12.3. The minimum Gasteiger partial charge on any atom is -0.383 e. The Labute approximate surface area is 119 Å². The first kappa shape index (κ1) is 14.5. The van der Waals surface area contributed by atoms with E-state index in [2.05, 4.69) is 17.2 Å². The summed E-state index contributed by atoms with van der Waals surface area (Å²) in [5.41, 5.74) is 8.78. The lowest BCUT2D eigenvalue weighted by atomic mass is 9.98. The molecule has 1 unspecified atom stereocenters. The maximum Gasteiger partial charge on any atom is 0.128 e. The van der Waals surface area contributed by atoms with Crippen LogP contribution in [0.15, 0.2) is 36.5 Å². The van der Waals surface area contributed by atoms with Gasteiger partial charge in [-0.25, -0.2) is 9.37 Å². The molecule has 0 saturated carbocycles. The molecular formula is C16H20FN3. The van der Waals surface area contributed by atoms with Crippen LogP contribution in [0.1, 0.15) is 36.1 Å².